The molecule has 2 atom stereocenters. The summed E-state index contributed by atoms with van der Waals surface area (Å²) in [5.41, 5.74) is 9.81. The first-order valence-electron chi connectivity index (χ1n) is 9.87. The number of fused-ring (bicyclic) bond motifs is 2. The first-order valence-corrected chi connectivity index (χ1v) is 13.9. The van der Waals surface area contributed by atoms with Gasteiger partial charge in [-0.2, -0.15) is 0 Å². The van der Waals surface area contributed by atoms with Gasteiger partial charge in [0, 0.05) is 0 Å². The van der Waals surface area contributed by atoms with Crippen LogP contribution in [0.25, 0.3) is 12.2 Å². The predicted molar refractivity (Wildman–Crippen MR) is 105 cm³/mol. The minimum atomic E-state index is -2.02. The van der Waals surface area contributed by atoms with Crippen LogP contribution in [0.3, 0.4) is 0 Å². The second-order valence-corrected chi connectivity index (χ2v) is 15.2. The second-order valence-electron chi connectivity index (χ2n) is 8.00. The Morgan fingerprint density at radius 3 is 1.48 bits per heavy atom. The van der Waals surface area contributed by atoms with Crippen molar-refractivity contribution in [2.45, 2.75) is 44.6 Å². The van der Waals surface area contributed by atoms with Gasteiger partial charge in [-0.3, -0.25) is 0 Å². The first-order chi connectivity index (χ1) is 12.3. The molecule has 0 spiro atoms. The zero-order valence-electron chi connectivity index (χ0n) is 16.0. The number of halogens is 2. The molecular weight excluding hydrogens is 407 g/mol. The average molecular weight is 433 g/mol. The summed E-state index contributed by atoms with van der Waals surface area (Å²) in [6, 6.07) is 18.5. The van der Waals surface area contributed by atoms with Crippen molar-refractivity contribution in [3.8, 4) is 0 Å². The summed E-state index contributed by atoms with van der Waals surface area (Å²) in [5.74, 6) is 0. The molecular formula is C24H26Cl2Ti. The van der Waals surface area contributed by atoms with E-state index in [4.69, 9.17) is 0 Å². The molecule has 0 saturated carbocycles. The van der Waals surface area contributed by atoms with E-state index < -0.39 is 16.6 Å². The predicted octanol–water partition coefficient (Wildman–Crippen LogP) is 1.10. The second kappa shape index (κ2) is 7.92. The molecule has 3 heteroatoms. The van der Waals surface area contributed by atoms with Crippen LogP contribution in [0.1, 0.15) is 57.4 Å². The Balaban J connectivity index is 0.00000105. The topological polar surface area (TPSA) is 0 Å². The minimum Gasteiger partial charge on any atom is -1.00 e. The van der Waals surface area contributed by atoms with Gasteiger partial charge in [0.1, 0.15) is 0 Å². The van der Waals surface area contributed by atoms with E-state index in [1.807, 2.05) is 0 Å². The molecule has 1 fully saturated rings. The van der Waals surface area contributed by atoms with E-state index in [-0.39, 0.29) is 24.8 Å². The molecule has 2 aliphatic carbocycles. The number of hydrogen-bond donors (Lipinski definition) is 0. The van der Waals surface area contributed by atoms with Crippen molar-refractivity contribution in [3.05, 3.63) is 81.9 Å². The molecule has 3 aliphatic rings. The molecule has 0 nitrogen and oxygen atoms in total. The molecule has 0 N–H and O–H groups in total. The molecule has 0 amide bonds. The number of benzene rings is 2. The van der Waals surface area contributed by atoms with E-state index in [2.05, 4.69) is 74.5 Å². The van der Waals surface area contributed by atoms with Crippen LogP contribution in [-0.2, 0) is 16.6 Å². The van der Waals surface area contributed by atoms with Crippen molar-refractivity contribution in [1.82, 2.24) is 0 Å². The molecule has 0 radical (unpaired) electrons. The summed E-state index contributed by atoms with van der Waals surface area (Å²) in [4.78, 5) is 0. The van der Waals surface area contributed by atoms with Gasteiger partial charge in [-0.05, 0) is 0 Å². The summed E-state index contributed by atoms with van der Waals surface area (Å²) >= 11 is -2.02. The maximum Gasteiger partial charge on any atom is -1.00 e. The summed E-state index contributed by atoms with van der Waals surface area (Å²) in [6.45, 7) is 4.73. The molecule has 2 aromatic rings. The van der Waals surface area contributed by atoms with Crippen LogP contribution >= 0.6 is 0 Å². The van der Waals surface area contributed by atoms with Gasteiger partial charge >= 0.3 is 155 Å². The molecule has 2 aromatic carbocycles. The molecule has 1 aliphatic heterocycles. The van der Waals surface area contributed by atoms with Crippen molar-refractivity contribution >= 4 is 12.2 Å². The van der Waals surface area contributed by atoms with Crippen molar-refractivity contribution in [2.24, 2.45) is 0 Å². The fraction of sp³-hybridized carbons (Fsp3) is 0.333. The monoisotopic (exact) mass is 432 g/mol. The van der Waals surface area contributed by atoms with Gasteiger partial charge in [-0.25, -0.2) is 0 Å². The van der Waals surface area contributed by atoms with Gasteiger partial charge in [0.25, 0.3) is 0 Å². The fourth-order valence-electron chi connectivity index (χ4n) is 5.63. The van der Waals surface area contributed by atoms with Crippen molar-refractivity contribution < 1.29 is 41.4 Å². The van der Waals surface area contributed by atoms with Gasteiger partial charge in [0.2, 0.25) is 0 Å². The molecule has 140 valence electrons. The van der Waals surface area contributed by atoms with E-state index in [0.717, 1.165) is 8.45 Å². The molecule has 27 heavy (non-hydrogen) atoms. The van der Waals surface area contributed by atoms with E-state index in [0.29, 0.717) is 0 Å². The number of allylic oxidation sites excluding steroid dienone is 2. The third-order valence-corrected chi connectivity index (χ3v) is 15.1. The Morgan fingerprint density at radius 2 is 1.11 bits per heavy atom. The Hall–Kier alpha value is -0.786. The third-order valence-electron chi connectivity index (χ3n) is 6.83. The zero-order valence-corrected chi connectivity index (χ0v) is 19.1. The van der Waals surface area contributed by atoms with E-state index in [9.17, 15) is 0 Å². The van der Waals surface area contributed by atoms with Gasteiger partial charge in [-0.15, -0.1) is 0 Å². The Labute approximate surface area is 179 Å². The zero-order chi connectivity index (χ0) is 17.0. The summed E-state index contributed by atoms with van der Waals surface area (Å²) < 4.78 is 4.69. The van der Waals surface area contributed by atoms with Crippen LogP contribution in [0.15, 0.2) is 59.7 Å². The third kappa shape index (κ3) is 3.10. The summed E-state index contributed by atoms with van der Waals surface area (Å²) in [6.07, 6.45) is 7.49. The SMILES string of the molecule is CCC1=Cc2ccccc2[CH]1[Ti+2]1([CH]2C(CC)=Cc3ccccc32)[CH2][CH2]1.[Cl-].[Cl-]. The molecule has 2 unspecified atom stereocenters. The average Bonchev–Trinajstić information content (AvgIpc) is 3.20. The minimum absolute atomic E-state index is 0. The fourth-order valence-corrected chi connectivity index (χ4v) is 16.2. The molecule has 1 saturated heterocycles. The van der Waals surface area contributed by atoms with Crippen LogP contribution in [0.4, 0.5) is 0 Å². The number of hydrogen-bond acceptors (Lipinski definition) is 0. The summed E-state index contributed by atoms with van der Waals surface area (Å²) in [5, 5.41) is 0. The van der Waals surface area contributed by atoms with E-state index in [1.54, 1.807) is 31.7 Å². The molecule has 0 bridgehead atoms. The Bertz CT molecular complexity index is 837. The van der Waals surface area contributed by atoms with Crippen LogP contribution in [-0.4, -0.2) is 0 Å². The van der Waals surface area contributed by atoms with Gasteiger partial charge in [0.15, 0.2) is 0 Å². The van der Waals surface area contributed by atoms with Crippen molar-refractivity contribution in [1.29, 1.82) is 0 Å². The van der Waals surface area contributed by atoms with Gasteiger partial charge < -0.3 is 24.8 Å². The molecule has 1 heterocycles. The quantitative estimate of drug-likeness (QED) is 0.634. The van der Waals surface area contributed by atoms with Crippen LogP contribution in [0.5, 0.6) is 0 Å². The Morgan fingerprint density at radius 1 is 0.704 bits per heavy atom. The smallest absolute Gasteiger partial charge is 1.00 e. The maximum atomic E-state index is 2.53. The van der Waals surface area contributed by atoms with Crippen LogP contribution in [0.2, 0.25) is 9.45 Å². The first kappa shape index (κ1) is 20.9. The van der Waals surface area contributed by atoms with Crippen molar-refractivity contribution in [2.75, 3.05) is 0 Å². The molecule has 0 aromatic heterocycles. The van der Waals surface area contributed by atoms with E-state index >= 15 is 0 Å². The van der Waals surface area contributed by atoms with Gasteiger partial charge in [0.05, 0.1) is 0 Å². The maximum absolute atomic E-state index is 2.53. The Kier molecular flexibility index (Phi) is 6.14. The van der Waals surface area contributed by atoms with Crippen LogP contribution < -0.4 is 24.8 Å². The number of rotatable bonds is 4. The largest absolute Gasteiger partial charge is 1.00 e. The van der Waals surface area contributed by atoms with Crippen molar-refractivity contribution in [3.63, 3.8) is 0 Å². The summed E-state index contributed by atoms with van der Waals surface area (Å²) in [7, 11) is 0. The normalized spacial score (nSPS) is 22.1. The van der Waals surface area contributed by atoms with E-state index in [1.165, 1.54) is 24.0 Å². The van der Waals surface area contributed by atoms with Gasteiger partial charge in [-0.1, -0.05) is 0 Å². The molecule has 5 rings (SSSR count). The standard InChI is InChI=1S/2C11H11.C2H4.2ClH.Ti/c2*1-2-9-7-10-5-3-4-6-11(10)8-9;1-2;;;/h2*3-8H,2H2,1H3;1-2H2;2*1H;/q;;;;;+2/p-2. The van der Waals surface area contributed by atoms with Crippen LogP contribution in [0, 0.1) is 0 Å².